The number of aromatic nitrogens is 4. The van der Waals surface area contributed by atoms with Gasteiger partial charge >= 0.3 is 0 Å². The van der Waals surface area contributed by atoms with E-state index in [0.29, 0.717) is 17.8 Å². The third-order valence-corrected chi connectivity index (χ3v) is 4.71. The van der Waals surface area contributed by atoms with Crippen molar-refractivity contribution in [1.82, 2.24) is 25.1 Å². The molecular formula is C15H17N5OS. The molecule has 0 unspecified atom stereocenters. The van der Waals surface area contributed by atoms with Crippen LogP contribution in [0.5, 0.6) is 0 Å². The fraction of sp³-hybridized carbons (Fsp3) is 0.467. The van der Waals surface area contributed by atoms with E-state index < -0.39 is 0 Å². The molecule has 2 aromatic heterocycles. The maximum Gasteiger partial charge on any atom is 0.230 e. The summed E-state index contributed by atoms with van der Waals surface area (Å²) in [7, 11) is 0. The summed E-state index contributed by atoms with van der Waals surface area (Å²) in [4.78, 5) is 16.0. The van der Waals surface area contributed by atoms with Crippen molar-refractivity contribution in [1.29, 1.82) is 0 Å². The minimum Gasteiger partial charge on any atom is -0.353 e. The zero-order valence-corrected chi connectivity index (χ0v) is 12.9. The van der Waals surface area contributed by atoms with Crippen molar-refractivity contribution in [3.8, 4) is 11.4 Å². The number of nitrogens with one attached hydrogen (secondary N) is 1. The molecule has 2 saturated carbocycles. The Bertz CT molecular complexity index is 678. The van der Waals surface area contributed by atoms with Crippen LogP contribution < -0.4 is 5.32 Å². The summed E-state index contributed by atoms with van der Waals surface area (Å²) in [5.41, 5.74) is 0.969. The molecule has 7 heteroatoms. The van der Waals surface area contributed by atoms with E-state index in [2.05, 4.69) is 25.1 Å². The number of nitrogens with zero attached hydrogens (tertiary/aromatic N) is 4. The van der Waals surface area contributed by atoms with E-state index in [1.54, 1.807) is 12.4 Å². The topological polar surface area (TPSA) is 72.7 Å². The number of hydrogen-bond donors (Lipinski definition) is 1. The van der Waals surface area contributed by atoms with Crippen molar-refractivity contribution >= 4 is 17.7 Å². The number of hydrogen-bond acceptors (Lipinski definition) is 5. The highest BCUT2D eigenvalue weighted by Gasteiger charge is 2.30. The Hall–Kier alpha value is -1.89. The van der Waals surface area contributed by atoms with E-state index >= 15 is 0 Å². The molecule has 0 spiro atoms. The largest absolute Gasteiger partial charge is 0.353 e. The number of carbonyl (C=O) groups is 1. The van der Waals surface area contributed by atoms with E-state index in [0.717, 1.165) is 42.2 Å². The second-order valence-corrected chi connectivity index (χ2v) is 6.72. The van der Waals surface area contributed by atoms with Crippen LogP contribution in [0.25, 0.3) is 11.4 Å². The van der Waals surface area contributed by atoms with Gasteiger partial charge in [-0.05, 0) is 37.8 Å². The fourth-order valence-corrected chi connectivity index (χ4v) is 3.17. The number of carbonyl (C=O) groups excluding carboxylic acids is 1. The third-order valence-electron chi connectivity index (χ3n) is 3.77. The Morgan fingerprint density at radius 2 is 2.18 bits per heavy atom. The van der Waals surface area contributed by atoms with Crippen molar-refractivity contribution in [2.45, 2.75) is 42.9 Å². The lowest BCUT2D eigenvalue weighted by atomic mass is 10.3. The molecular weight excluding hydrogens is 298 g/mol. The molecule has 2 aliphatic carbocycles. The fourth-order valence-electron chi connectivity index (χ4n) is 2.36. The quantitative estimate of drug-likeness (QED) is 0.826. The molecule has 2 heterocycles. The second-order valence-electron chi connectivity index (χ2n) is 5.78. The summed E-state index contributed by atoms with van der Waals surface area (Å²) in [6.07, 6.45) is 8.07. The maximum absolute atomic E-state index is 11.8. The molecule has 2 aromatic rings. The zero-order chi connectivity index (χ0) is 14.9. The van der Waals surface area contributed by atoms with Gasteiger partial charge in [0.25, 0.3) is 0 Å². The van der Waals surface area contributed by atoms with E-state index in [-0.39, 0.29) is 5.91 Å². The first-order valence-corrected chi connectivity index (χ1v) is 8.57. The highest BCUT2D eigenvalue weighted by Crippen LogP contribution is 2.40. The second kappa shape index (κ2) is 5.72. The summed E-state index contributed by atoms with van der Waals surface area (Å²) in [5, 5.41) is 12.4. The van der Waals surface area contributed by atoms with Crippen LogP contribution in [-0.2, 0) is 4.79 Å². The first kappa shape index (κ1) is 13.8. The SMILES string of the molecule is O=C(CSc1nnc(-c2cccnc2)n1C1CC1)NC1CC1. The summed E-state index contributed by atoms with van der Waals surface area (Å²) >= 11 is 1.47. The minimum absolute atomic E-state index is 0.0841. The molecule has 0 aliphatic heterocycles. The van der Waals surface area contributed by atoms with E-state index in [1.807, 2.05) is 12.1 Å². The average Bonchev–Trinajstić information content (AvgIpc) is 3.47. The number of rotatable bonds is 6. The van der Waals surface area contributed by atoms with Gasteiger partial charge in [0.2, 0.25) is 5.91 Å². The van der Waals surface area contributed by atoms with Gasteiger partial charge in [0, 0.05) is 30.0 Å². The summed E-state index contributed by atoms with van der Waals surface area (Å²) in [6, 6.07) is 4.75. The van der Waals surface area contributed by atoms with Crippen LogP contribution in [0.4, 0.5) is 0 Å². The van der Waals surface area contributed by atoms with Crippen LogP contribution >= 0.6 is 11.8 Å². The van der Waals surface area contributed by atoms with Gasteiger partial charge in [-0.1, -0.05) is 11.8 Å². The van der Waals surface area contributed by atoms with Gasteiger partial charge in [-0.15, -0.1) is 10.2 Å². The molecule has 2 fully saturated rings. The van der Waals surface area contributed by atoms with E-state index in [9.17, 15) is 4.79 Å². The van der Waals surface area contributed by atoms with Crippen LogP contribution in [0.15, 0.2) is 29.7 Å². The maximum atomic E-state index is 11.8. The van der Waals surface area contributed by atoms with E-state index in [4.69, 9.17) is 0 Å². The van der Waals surface area contributed by atoms with Crippen molar-refractivity contribution in [3.63, 3.8) is 0 Å². The molecule has 1 amide bonds. The van der Waals surface area contributed by atoms with Gasteiger partial charge in [-0.3, -0.25) is 14.3 Å². The Kier molecular flexibility index (Phi) is 3.57. The van der Waals surface area contributed by atoms with Gasteiger partial charge in [0.05, 0.1) is 5.75 Å². The van der Waals surface area contributed by atoms with Crippen molar-refractivity contribution in [2.24, 2.45) is 0 Å². The standard InChI is InChI=1S/C15H17N5OS/c21-13(17-11-3-4-11)9-22-15-19-18-14(20(15)12-5-6-12)10-2-1-7-16-8-10/h1-2,7-8,11-12H,3-6,9H2,(H,17,21). The molecule has 4 rings (SSSR count). The molecule has 0 radical (unpaired) electrons. The Morgan fingerprint density at radius 1 is 1.32 bits per heavy atom. The lowest BCUT2D eigenvalue weighted by Crippen LogP contribution is -2.27. The molecule has 6 nitrogen and oxygen atoms in total. The van der Waals surface area contributed by atoms with Crippen LogP contribution in [-0.4, -0.2) is 37.5 Å². The molecule has 0 saturated heterocycles. The molecule has 0 aromatic carbocycles. The van der Waals surface area contributed by atoms with E-state index in [1.165, 1.54) is 11.8 Å². The lowest BCUT2D eigenvalue weighted by Gasteiger charge is -2.08. The van der Waals surface area contributed by atoms with Crippen molar-refractivity contribution in [2.75, 3.05) is 5.75 Å². The van der Waals surface area contributed by atoms with Crippen LogP contribution in [0.1, 0.15) is 31.7 Å². The third kappa shape index (κ3) is 2.99. The Morgan fingerprint density at radius 3 is 2.86 bits per heavy atom. The lowest BCUT2D eigenvalue weighted by molar-refractivity contribution is -0.118. The molecule has 1 N–H and O–H groups in total. The smallest absolute Gasteiger partial charge is 0.230 e. The number of thioether (sulfide) groups is 1. The van der Waals surface area contributed by atoms with Gasteiger partial charge < -0.3 is 5.32 Å². The predicted molar refractivity (Wildman–Crippen MR) is 83.4 cm³/mol. The average molecular weight is 315 g/mol. The zero-order valence-electron chi connectivity index (χ0n) is 12.1. The highest BCUT2D eigenvalue weighted by atomic mass is 32.2. The number of pyridine rings is 1. The van der Waals surface area contributed by atoms with Gasteiger partial charge in [0.15, 0.2) is 11.0 Å². The molecule has 22 heavy (non-hydrogen) atoms. The van der Waals surface area contributed by atoms with Gasteiger partial charge in [-0.25, -0.2) is 0 Å². The predicted octanol–water partition coefficient (Wildman–Crippen LogP) is 2.05. The first-order valence-electron chi connectivity index (χ1n) is 7.59. The Balaban J connectivity index is 1.52. The first-order chi connectivity index (χ1) is 10.8. The Labute approximate surface area is 132 Å². The monoisotopic (exact) mass is 315 g/mol. The highest BCUT2D eigenvalue weighted by molar-refractivity contribution is 7.99. The summed E-state index contributed by atoms with van der Waals surface area (Å²) in [5.74, 6) is 1.33. The summed E-state index contributed by atoms with van der Waals surface area (Å²) < 4.78 is 2.16. The van der Waals surface area contributed by atoms with Crippen molar-refractivity contribution < 1.29 is 4.79 Å². The van der Waals surface area contributed by atoms with Gasteiger partial charge in [0.1, 0.15) is 0 Å². The van der Waals surface area contributed by atoms with Gasteiger partial charge in [-0.2, -0.15) is 0 Å². The van der Waals surface area contributed by atoms with Crippen molar-refractivity contribution in [3.05, 3.63) is 24.5 Å². The molecule has 2 aliphatic rings. The van der Waals surface area contributed by atoms with Crippen LogP contribution in [0.3, 0.4) is 0 Å². The molecule has 114 valence electrons. The summed E-state index contributed by atoms with van der Waals surface area (Å²) in [6.45, 7) is 0. The van der Waals surface area contributed by atoms with Crippen LogP contribution in [0.2, 0.25) is 0 Å². The molecule has 0 bridgehead atoms. The van der Waals surface area contributed by atoms with Crippen LogP contribution in [0, 0.1) is 0 Å². The number of amides is 1. The minimum atomic E-state index is 0.0841. The molecule has 0 atom stereocenters. The normalized spacial score (nSPS) is 17.5.